The first-order valence-corrected chi connectivity index (χ1v) is 8.63. The quantitative estimate of drug-likeness (QED) is 0.721. The van der Waals surface area contributed by atoms with Crippen LogP contribution in [0.2, 0.25) is 0 Å². The van der Waals surface area contributed by atoms with Gasteiger partial charge >= 0.3 is 0 Å². The molecule has 0 unspecified atom stereocenters. The lowest BCUT2D eigenvalue weighted by molar-refractivity contribution is 0.0945. The summed E-state index contributed by atoms with van der Waals surface area (Å²) in [5.74, 6) is -1.11. The summed E-state index contributed by atoms with van der Waals surface area (Å²) >= 11 is 1.21. The van der Waals surface area contributed by atoms with Crippen molar-refractivity contribution < 1.29 is 14.0 Å². The maximum Gasteiger partial charge on any atom is 0.275 e. The fraction of sp³-hybridized carbons (Fsp3) is 0.111. The number of nitrogens with one attached hydrogen (secondary N) is 2. The van der Waals surface area contributed by atoms with Crippen molar-refractivity contribution in [2.75, 3.05) is 5.32 Å². The minimum Gasteiger partial charge on any atom is -0.345 e. The van der Waals surface area contributed by atoms with E-state index in [1.54, 1.807) is 30.5 Å². The summed E-state index contributed by atoms with van der Waals surface area (Å²) in [6.45, 7) is 1.80. The number of carbonyl (C=O) groups is 2. The van der Waals surface area contributed by atoms with Crippen molar-refractivity contribution in [3.63, 3.8) is 0 Å². The van der Waals surface area contributed by atoms with Gasteiger partial charge in [-0.1, -0.05) is 12.1 Å². The maximum absolute atomic E-state index is 13.0. The molecule has 0 spiro atoms. The van der Waals surface area contributed by atoms with Gasteiger partial charge < -0.3 is 10.6 Å². The molecular weight excluding hydrogens is 355 g/mol. The van der Waals surface area contributed by atoms with Crippen molar-refractivity contribution in [2.24, 2.45) is 0 Å². The molecule has 0 saturated heterocycles. The van der Waals surface area contributed by atoms with Crippen LogP contribution in [-0.2, 0) is 0 Å². The number of hydrogen-bond acceptors (Lipinski definition) is 5. The molecule has 1 atom stereocenters. The summed E-state index contributed by atoms with van der Waals surface area (Å²) in [5.41, 5.74) is 1.33. The summed E-state index contributed by atoms with van der Waals surface area (Å²) in [5, 5.41) is 7.22. The highest BCUT2D eigenvalue weighted by atomic mass is 32.1. The number of aromatic nitrogens is 2. The summed E-state index contributed by atoms with van der Waals surface area (Å²) < 4.78 is 13.0. The molecule has 0 radical (unpaired) electrons. The van der Waals surface area contributed by atoms with Crippen LogP contribution in [0.3, 0.4) is 0 Å². The number of nitrogens with zero attached hydrogens (tertiary/aromatic N) is 2. The highest BCUT2D eigenvalue weighted by molar-refractivity contribution is 7.12. The summed E-state index contributed by atoms with van der Waals surface area (Å²) in [6, 6.07) is 7.26. The van der Waals surface area contributed by atoms with E-state index in [9.17, 15) is 14.0 Å². The Hall–Kier alpha value is -3.13. The van der Waals surface area contributed by atoms with Crippen molar-refractivity contribution in [1.29, 1.82) is 0 Å². The zero-order valence-corrected chi connectivity index (χ0v) is 14.6. The number of thiophene rings is 1. The predicted molar refractivity (Wildman–Crippen MR) is 96.6 cm³/mol. The molecule has 0 aliphatic rings. The van der Waals surface area contributed by atoms with Crippen LogP contribution in [0.4, 0.5) is 10.1 Å². The van der Waals surface area contributed by atoms with E-state index in [0.717, 1.165) is 5.56 Å². The number of anilines is 1. The van der Waals surface area contributed by atoms with Crippen LogP contribution in [-0.4, -0.2) is 21.8 Å². The molecule has 0 bridgehead atoms. The van der Waals surface area contributed by atoms with E-state index in [1.807, 2.05) is 0 Å². The van der Waals surface area contributed by atoms with Crippen LogP contribution >= 0.6 is 11.3 Å². The van der Waals surface area contributed by atoms with Gasteiger partial charge in [0.05, 0.1) is 17.9 Å². The molecule has 0 fully saturated rings. The van der Waals surface area contributed by atoms with Crippen LogP contribution in [0.25, 0.3) is 0 Å². The number of carbonyl (C=O) groups excluding carboxylic acids is 2. The molecule has 1 aromatic carbocycles. The Morgan fingerprint density at radius 2 is 1.88 bits per heavy atom. The van der Waals surface area contributed by atoms with Crippen molar-refractivity contribution >= 4 is 28.8 Å². The zero-order chi connectivity index (χ0) is 18.5. The molecule has 2 heterocycles. The monoisotopic (exact) mass is 370 g/mol. The van der Waals surface area contributed by atoms with Crippen LogP contribution < -0.4 is 10.6 Å². The Labute approximate surface area is 153 Å². The first-order valence-electron chi connectivity index (χ1n) is 7.76. The standard InChI is InChI=1S/C18H15FN4O2S/c1-11(12-2-4-13(19)5-3-12)22-18(25)16-14(6-9-26-16)23-17(24)15-10-20-7-8-21-15/h2-11H,1H3,(H,22,25)(H,23,24)/t11-/m1/s1. The minimum absolute atomic E-state index is 0.157. The van der Waals surface area contributed by atoms with Gasteiger partial charge in [0.1, 0.15) is 16.4 Å². The minimum atomic E-state index is -0.447. The first-order chi connectivity index (χ1) is 12.5. The van der Waals surface area contributed by atoms with Gasteiger partial charge in [-0.3, -0.25) is 14.6 Å². The van der Waals surface area contributed by atoms with E-state index < -0.39 is 5.91 Å². The number of benzene rings is 1. The number of rotatable bonds is 5. The maximum atomic E-state index is 13.0. The number of halogens is 1. The van der Waals surface area contributed by atoms with E-state index in [0.29, 0.717) is 10.6 Å². The predicted octanol–water partition coefficient (Wildman–Crippen LogP) is 3.42. The molecule has 2 aromatic heterocycles. The molecule has 2 amide bonds. The lowest BCUT2D eigenvalue weighted by Gasteiger charge is -2.14. The Morgan fingerprint density at radius 3 is 2.58 bits per heavy atom. The molecule has 0 aliphatic heterocycles. The first kappa shape index (κ1) is 17.7. The molecule has 0 aliphatic carbocycles. The third-order valence-corrected chi connectivity index (χ3v) is 4.55. The van der Waals surface area contributed by atoms with E-state index in [1.165, 1.54) is 42.1 Å². The Kier molecular flexibility index (Phi) is 5.33. The van der Waals surface area contributed by atoms with Gasteiger partial charge in [-0.15, -0.1) is 11.3 Å². The average molecular weight is 370 g/mol. The molecule has 2 N–H and O–H groups in total. The van der Waals surface area contributed by atoms with Crippen molar-refractivity contribution in [1.82, 2.24) is 15.3 Å². The SMILES string of the molecule is C[C@@H](NC(=O)c1sccc1NC(=O)c1cnccn1)c1ccc(F)cc1. The summed E-state index contributed by atoms with van der Waals surface area (Å²) in [7, 11) is 0. The number of hydrogen-bond donors (Lipinski definition) is 2. The van der Waals surface area contributed by atoms with E-state index in [4.69, 9.17) is 0 Å². The molecule has 0 saturated carbocycles. The highest BCUT2D eigenvalue weighted by Gasteiger charge is 2.18. The Morgan fingerprint density at radius 1 is 1.12 bits per heavy atom. The molecule has 3 rings (SSSR count). The zero-order valence-electron chi connectivity index (χ0n) is 13.8. The van der Waals surface area contributed by atoms with E-state index in [2.05, 4.69) is 20.6 Å². The third-order valence-electron chi connectivity index (χ3n) is 3.63. The van der Waals surface area contributed by atoms with E-state index in [-0.39, 0.29) is 23.5 Å². The third kappa shape index (κ3) is 4.09. The van der Waals surface area contributed by atoms with Crippen LogP contribution in [0, 0.1) is 5.82 Å². The summed E-state index contributed by atoms with van der Waals surface area (Å²) in [4.78, 5) is 32.9. The van der Waals surface area contributed by atoms with Crippen LogP contribution in [0.15, 0.2) is 54.3 Å². The molecule has 8 heteroatoms. The highest BCUT2D eigenvalue weighted by Crippen LogP contribution is 2.24. The molecular formula is C18H15FN4O2S. The van der Waals surface area contributed by atoms with Gasteiger partial charge in [0.15, 0.2) is 0 Å². The lowest BCUT2D eigenvalue weighted by atomic mass is 10.1. The second-order valence-electron chi connectivity index (χ2n) is 5.45. The second-order valence-corrected chi connectivity index (χ2v) is 6.37. The molecule has 132 valence electrons. The molecule has 26 heavy (non-hydrogen) atoms. The van der Waals surface area contributed by atoms with Crippen LogP contribution in [0.5, 0.6) is 0 Å². The van der Waals surface area contributed by atoms with Crippen LogP contribution in [0.1, 0.15) is 38.7 Å². The van der Waals surface area contributed by atoms with Gasteiger partial charge in [0, 0.05) is 12.4 Å². The Balaban J connectivity index is 1.70. The van der Waals surface area contributed by atoms with Crippen molar-refractivity contribution in [3.8, 4) is 0 Å². The van der Waals surface area contributed by atoms with Gasteiger partial charge in [-0.25, -0.2) is 9.37 Å². The van der Waals surface area contributed by atoms with Crippen molar-refractivity contribution in [2.45, 2.75) is 13.0 Å². The number of amides is 2. The topological polar surface area (TPSA) is 84.0 Å². The van der Waals surface area contributed by atoms with E-state index >= 15 is 0 Å². The fourth-order valence-corrected chi connectivity index (χ4v) is 3.04. The van der Waals surface area contributed by atoms with Crippen molar-refractivity contribution in [3.05, 3.63) is 76.3 Å². The van der Waals surface area contributed by atoms with Gasteiger partial charge in [0.25, 0.3) is 11.8 Å². The normalized spacial score (nSPS) is 11.6. The summed E-state index contributed by atoms with van der Waals surface area (Å²) in [6.07, 6.45) is 4.23. The van der Waals surface area contributed by atoms with Gasteiger partial charge in [-0.2, -0.15) is 0 Å². The second kappa shape index (κ2) is 7.83. The average Bonchev–Trinajstić information content (AvgIpc) is 3.11. The largest absolute Gasteiger partial charge is 0.345 e. The lowest BCUT2D eigenvalue weighted by Crippen LogP contribution is -2.27. The molecule has 6 nitrogen and oxygen atoms in total. The molecule has 3 aromatic rings. The van der Waals surface area contributed by atoms with Gasteiger partial charge in [0.2, 0.25) is 0 Å². The fourth-order valence-electron chi connectivity index (χ4n) is 2.28. The smallest absolute Gasteiger partial charge is 0.275 e. The van der Waals surface area contributed by atoms with Gasteiger partial charge in [-0.05, 0) is 36.1 Å². The Bertz CT molecular complexity index is 912.